The fourth-order valence-corrected chi connectivity index (χ4v) is 6.45. The van der Waals surface area contributed by atoms with E-state index in [1.54, 1.807) is 0 Å². The Bertz CT molecular complexity index is 1720. The van der Waals surface area contributed by atoms with Crippen LogP contribution < -0.4 is 5.32 Å². The highest BCUT2D eigenvalue weighted by Gasteiger charge is 2.27. The number of hydrogen-bond donors (Lipinski definition) is 1. The van der Waals surface area contributed by atoms with Crippen molar-refractivity contribution in [1.29, 1.82) is 5.26 Å². The molecule has 0 spiro atoms. The fourth-order valence-electron chi connectivity index (χ4n) is 4.89. The molecule has 0 saturated carbocycles. The predicted molar refractivity (Wildman–Crippen MR) is 157 cm³/mol. The molecule has 0 unspecified atom stereocenters. The van der Waals surface area contributed by atoms with Crippen LogP contribution in [-0.4, -0.2) is 44.3 Å². The zero-order valence-corrected chi connectivity index (χ0v) is 23.6. The smallest absolute Gasteiger partial charge is 0.338 e. The highest BCUT2D eigenvalue weighted by atomic mass is 32.2. The molecule has 5 rings (SSSR count). The van der Waals surface area contributed by atoms with Gasteiger partial charge in [0.25, 0.3) is 5.91 Å². The molecule has 3 aromatic carbocycles. The van der Waals surface area contributed by atoms with Crippen molar-refractivity contribution < 1.29 is 27.2 Å². The van der Waals surface area contributed by atoms with Crippen LogP contribution in [0.4, 0.5) is 5.88 Å². The summed E-state index contributed by atoms with van der Waals surface area (Å²) in [6.07, 6.45) is 3.54. The molecule has 1 aromatic heterocycles. The van der Waals surface area contributed by atoms with Gasteiger partial charge in [0.15, 0.2) is 6.61 Å². The monoisotopic (exact) mass is 583 g/mol. The van der Waals surface area contributed by atoms with Gasteiger partial charge in [-0.25, -0.2) is 13.2 Å². The molecule has 214 valence electrons. The number of ether oxygens (including phenoxy) is 1. The molecule has 42 heavy (non-hydrogen) atoms. The lowest BCUT2D eigenvalue weighted by atomic mass is 9.98. The van der Waals surface area contributed by atoms with E-state index in [4.69, 9.17) is 9.15 Å². The maximum absolute atomic E-state index is 13.2. The Hall–Kier alpha value is -4.72. The standard InChI is InChI=1S/C32H29N3O6S/c33-21-27-29(23-12-5-3-6-13-23)30(24-14-7-4-8-15-24)41-31(27)34-28(36)22-40-32(37)25-16-11-17-26(20-25)42(38,39)35-18-9-1-2-10-19-35/h3-8,11-17,20H,1-2,9-10,18-19,22H2,(H,34,36). The van der Waals surface area contributed by atoms with Gasteiger partial charge < -0.3 is 9.15 Å². The topological polar surface area (TPSA) is 130 Å². The van der Waals surface area contributed by atoms with Crippen molar-refractivity contribution in [1.82, 2.24) is 4.31 Å². The van der Waals surface area contributed by atoms with Crippen molar-refractivity contribution in [2.45, 2.75) is 30.6 Å². The number of nitrogens with one attached hydrogen (secondary N) is 1. The number of rotatable bonds is 8. The van der Waals surface area contributed by atoms with Crippen LogP contribution in [0.15, 0.2) is 94.2 Å². The van der Waals surface area contributed by atoms with Crippen LogP contribution in [0.5, 0.6) is 0 Å². The minimum absolute atomic E-state index is 0.000526. The molecule has 1 fully saturated rings. The molecule has 4 aromatic rings. The van der Waals surface area contributed by atoms with Gasteiger partial charge in [0.1, 0.15) is 17.4 Å². The van der Waals surface area contributed by atoms with Crippen LogP contribution in [0.25, 0.3) is 22.5 Å². The Kier molecular flexibility index (Phi) is 8.81. The molecular weight excluding hydrogens is 554 g/mol. The van der Waals surface area contributed by atoms with Gasteiger partial charge in [0.2, 0.25) is 15.9 Å². The minimum atomic E-state index is -3.77. The number of sulfonamides is 1. The summed E-state index contributed by atoms with van der Waals surface area (Å²) in [4.78, 5) is 25.6. The van der Waals surface area contributed by atoms with Gasteiger partial charge in [0.05, 0.1) is 10.5 Å². The van der Waals surface area contributed by atoms with Crippen molar-refractivity contribution in [2.24, 2.45) is 0 Å². The molecule has 10 heteroatoms. The summed E-state index contributed by atoms with van der Waals surface area (Å²) < 4.78 is 38.9. The number of amides is 1. The van der Waals surface area contributed by atoms with E-state index in [1.807, 2.05) is 60.7 Å². The average Bonchev–Trinajstić information content (AvgIpc) is 3.17. The molecule has 1 N–H and O–H groups in total. The summed E-state index contributed by atoms with van der Waals surface area (Å²) >= 11 is 0. The van der Waals surface area contributed by atoms with Crippen LogP contribution >= 0.6 is 0 Å². The molecule has 2 heterocycles. The fraction of sp³-hybridized carbons (Fsp3) is 0.219. The van der Waals surface area contributed by atoms with Crippen molar-refractivity contribution >= 4 is 27.8 Å². The first-order valence-corrected chi connectivity index (χ1v) is 15.1. The number of carbonyl (C=O) groups is 2. The van der Waals surface area contributed by atoms with Crippen LogP contribution in [-0.2, 0) is 19.6 Å². The van der Waals surface area contributed by atoms with Crippen LogP contribution in [0.1, 0.15) is 41.6 Å². The number of benzene rings is 3. The lowest BCUT2D eigenvalue weighted by Gasteiger charge is -2.20. The van der Waals surface area contributed by atoms with Gasteiger partial charge in [-0.1, -0.05) is 79.6 Å². The lowest BCUT2D eigenvalue weighted by Crippen LogP contribution is -2.32. The number of carbonyl (C=O) groups excluding carboxylic acids is 2. The first-order chi connectivity index (χ1) is 20.4. The van der Waals surface area contributed by atoms with Gasteiger partial charge >= 0.3 is 5.97 Å². The van der Waals surface area contributed by atoms with Crippen molar-refractivity contribution in [2.75, 3.05) is 25.0 Å². The molecule has 1 amide bonds. The largest absolute Gasteiger partial charge is 0.452 e. The number of esters is 1. The Labute approximate surface area is 244 Å². The van der Waals surface area contributed by atoms with Crippen molar-refractivity contribution in [3.8, 4) is 28.5 Å². The Morgan fingerprint density at radius 2 is 1.52 bits per heavy atom. The van der Waals surface area contributed by atoms with E-state index in [-0.39, 0.29) is 21.9 Å². The summed E-state index contributed by atoms with van der Waals surface area (Å²) in [6, 6.07) is 26.1. The second-order valence-corrected chi connectivity index (χ2v) is 11.8. The predicted octanol–water partition coefficient (Wildman–Crippen LogP) is 5.85. The number of nitrogens with zero attached hydrogens (tertiary/aromatic N) is 2. The third-order valence-corrected chi connectivity index (χ3v) is 8.87. The molecule has 0 radical (unpaired) electrons. The molecule has 0 atom stereocenters. The summed E-state index contributed by atoms with van der Waals surface area (Å²) in [6.45, 7) is 0.202. The number of anilines is 1. The first kappa shape index (κ1) is 28.8. The Morgan fingerprint density at radius 1 is 0.881 bits per heavy atom. The second kappa shape index (κ2) is 12.9. The van der Waals surface area contributed by atoms with Gasteiger partial charge in [-0.3, -0.25) is 10.1 Å². The summed E-state index contributed by atoms with van der Waals surface area (Å²) in [5.74, 6) is -1.23. The van der Waals surface area contributed by atoms with Crippen LogP contribution in [0.3, 0.4) is 0 Å². The van der Waals surface area contributed by atoms with E-state index >= 15 is 0 Å². The zero-order chi connectivity index (χ0) is 29.5. The van der Waals surface area contributed by atoms with E-state index in [9.17, 15) is 23.3 Å². The SMILES string of the molecule is N#Cc1c(NC(=O)COC(=O)c2cccc(S(=O)(=O)N3CCCCCC3)c2)oc(-c2ccccc2)c1-c1ccccc1. The summed E-state index contributed by atoms with van der Waals surface area (Å²) in [5.41, 5.74) is 2.12. The van der Waals surface area contributed by atoms with Gasteiger partial charge in [0, 0.05) is 24.2 Å². The second-order valence-electron chi connectivity index (χ2n) is 9.82. The maximum atomic E-state index is 13.2. The van der Waals surface area contributed by atoms with Gasteiger partial charge in [-0.15, -0.1) is 0 Å². The van der Waals surface area contributed by atoms with Gasteiger partial charge in [-0.2, -0.15) is 9.57 Å². The average molecular weight is 584 g/mol. The van der Waals surface area contributed by atoms with E-state index in [2.05, 4.69) is 11.4 Å². The third-order valence-electron chi connectivity index (χ3n) is 6.98. The number of hydrogen-bond acceptors (Lipinski definition) is 7. The molecule has 1 aliphatic heterocycles. The summed E-state index contributed by atoms with van der Waals surface area (Å²) in [7, 11) is -3.77. The van der Waals surface area contributed by atoms with Gasteiger partial charge in [-0.05, 0) is 36.6 Å². The summed E-state index contributed by atoms with van der Waals surface area (Å²) in [5, 5.41) is 12.5. The molecule has 1 aliphatic rings. The normalized spacial score (nSPS) is 14.0. The van der Waals surface area contributed by atoms with E-state index < -0.39 is 28.5 Å². The number of furan rings is 1. The Morgan fingerprint density at radius 3 is 2.17 bits per heavy atom. The quantitative estimate of drug-likeness (QED) is 0.258. The highest BCUT2D eigenvalue weighted by Crippen LogP contribution is 2.41. The first-order valence-electron chi connectivity index (χ1n) is 13.6. The molecule has 1 saturated heterocycles. The molecule has 0 bridgehead atoms. The zero-order valence-electron chi connectivity index (χ0n) is 22.8. The molecule has 0 aliphatic carbocycles. The number of nitriles is 1. The molecule has 9 nitrogen and oxygen atoms in total. The van der Waals surface area contributed by atoms with Crippen molar-refractivity contribution in [3.63, 3.8) is 0 Å². The van der Waals surface area contributed by atoms with Crippen LogP contribution in [0, 0.1) is 11.3 Å². The third kappa shape index (κ3) is 6.28. The maximum Gasteiger partial charge on any atom is 0.338 e. The van der Waals surface area contributed by atoms with E-state index in [0.717, 1.165) is 36.8 Å². The highest BCUT2D eigenvalue weighted by molar-refractivity contribution is 7.89. The minimum Gasteiger partial charge on any atom is -0.452 e. The van der Waals surface area contributed by atoms with E-state index in [0.29, 0.717) is 24.4 Å². The van der Waals surface area contributed by atoms with E-state index in [1.165, 1.54) is 28.6 Å². The van der Waals surface area contributed by atoms with Crippen molar-refractivity contribution in [3.05, 3.63) is 96.1 Å². The lowest BCUT2D eigenvalue weighted by molar-refractivity contribution is -0.119. The van der Waals surface area contributed by atoms with Crippen LogP contribution in [0.2, 0.25) is 0 Å². The molecular formula is C32H29N3O6S. The Balaban J connectivity index is 1.32.